The summed E-state index contributed by atoms with van der Waals surface area (Å²) in [5, 5.41) is 23.9. The summed E-state index contributed by atoms with van der Waals surface area (Å²) in [6, 6.07) is -2.24. The van der Waals surface area contributed by atoms with Crippen molar-refractivity contribution in [3.63, 3.8) is 0 Å². The zero-order valence-corrected chi connectivity index (χ0v) is 23.6. The van der Waals surface area contributed by atoms with Crippen molar-refractivity contribution in [2.45, 2.75) is 53.6 Å². The Morgan fingerprint density at radius 2 is 1.05 bits per heavy atom. The van der Waals surface area contributed by atoms with Crippen molar-refractivity contribution in [2.75, 3.05) is 37.9 Å². The van der Waals surface area contributed by atoms with E-state index in [0.717, 1.165) is 21.6 Å². The Kier molecular flexibility index (Phi) is 15.4. The minimum Gasteiger partial charge on any atom is -0.464 e. The van der Waals surface area contributed by atoms with Gasteiger partial charge in [-0.2, -0.15) is 0 Å². The molecule has 18 heteroatoms. The third-order valence-corrected chi connectivity index (χ3v) is 7.02. The van der Waals surface area contributed by atoms with Crippen molar-refractivity contribution in [1.29, 1.82) is 0 Å². The van der Waals surface area contributed by atoms with Crippen LogP contribution in [0.3, 0.4) is 0 Å². The SMILES string of the molecule is CCOC(=O)[C@@H](CSSC[C@@H](NC(=O)C(C)(C)CO[N+](=O)[O-])C(=O)OCC)NC(=O)C(C)(C)CO[N+](=O)[O-]. The highest BCUT2D eigenvalue weighted by Gasteiger charge is 2.35. The van der Waals surface area contributed by atoms with Crippen LogP contribution in [0, 0.1) is 31.1 Å². The topological polar surface area (TPSA) is 216 Å². The van der Waals surface area contributed by atoms with Crippen LogP contribution in [-0.4, -0.2) is 83.9 Å². The van der Waals surface area contributed by atoms with Crippen LogP contribution in [0.5, 0.6) is 0 Å². The first-order valence-corrected chi connectivity index (χ1v) is 13.8. The Morgan fingerprint density at radius 1 is 0.737 bits per heavy atom. The minimum atomic E-state index is -1.33. The number of ether oxygens (including phenoxy) is 2. The lowest BCUT2D eigenvalue weighted by Gasteiger charge is -2.26. The molecule has 0 heterocycles. The van der Waals surface area contributed by atoms with Gasteiger partial charge in [-0.15, -0.1) is 20.2 Å². The lowest BCUT2D eigenvalue weighted by molar-refractivity contribution is -0.760. The van der Waals surface area contributed by atoms with E-state index in [0.29, 0.717) is 0 Å². The third kappa shape index (κ3) is 13.5. The molecule has 0 bridgehead atoms. The van der Waals surface area contributed by atoms with Gasteiger partial charge in [0.15, 0.2) is 0 Å². The van der Waals surface area contributed by atoms with Crippen molar-refractivity contribution in [3.05, 3.63) is 20.2 Å². The summed E-state index contributed by atoms with van der Waals surface area (Å²) < 4.78 is 9.97. The van der Waals surface area contributed by atoms with Crippen LogP contribution in [0.4, 0.5) is 0 Å². The van der Waals surface area contributed by atoms with Gasteiger partial charge in [0, 0.05) is 11.5 Å². The maximum absolute atomic E-state index is 12.6. The molecule has 2 N–H and O–H groups in total. The maximum atomic E-state index is 12.6. The van der Waals surface area contributed by atoms with Crippen LogP contribution in [0.2, 0.25) is 0 Å². The molecule has 0 aliphatic carbocycles. The van der Waals surface area contributed by atoms with E-state index < -0.39 is 70.1 Å². The van der Waals surface area contributed by atoms with Crippen molar-refractivity contribution in [1.82, 2.24) is 10.6 Å². The first kappa shape index (κ1) is 35.0. The van der Waals surface area contributed by atoms with Gasteiger partial charge >= 0.3 is 11.9 Å². The number of rotatable bonds is 19. The summed E-state index contributed by atoms with van der Waals surface area (Å²) in [6.45, 7) is 7.80. The van der Waals surface area contributed by atoms with E-state index in [4.69, 9.17) is 9.47 Å². The molecule has 218 valence electrons. The molecule has 0 aromatic carbocycles. The van der Waals surface area contributed by atoms with Gasteiger partial charge in [-0.1, -0.05) is 21.6 Å². The van der Waals surface area contributed by atoms with Gasteiger partial charge in [0.2, 0.25) is 11.8 Å². The number of nitrogens with zero attached hydrogens (tertiary/aromatic N) is 2. The number of esters is 2. The van der Waals surface area contributed by atoms with Crippen LogP contribution >= 0.6 is 21.6 Å². The van der Waals surface area contributed by atoms with Gasteiger partial charge in [-0.3, -0.25) is 9.59 Å². The number of hydrogen-bond acceptors (Lipinski definition) is 14. The maximum Gasteiger partial charge on any atom is 0.329 e. The normalized spacial score (nSPS) is 12.9. The number of carbonyl (C=O) groups is 4. The summed E-state index contributed by atoms with van der Waals surface area (Å²) >= 11 is 0. The van der Waals surface area contributed by atoms with E-state index >= 15 is 0 Å². The van der Waals surface area contributed by atoms with E-state index in [9.17, 15) is 39.4 Å². The van der Waals surface area contributed by atoms with Crippen molar-refractivity contribution in [3.8, 4) is 0 Å². The summed E-state index contributed by atoms with van der Waals surface area (Å²) in [6.07, 6.45) is 0. The number of amides is 2. The Morgan fingerprint density at radius 3 is 1.32 bits per heavy atom. The smallest absolute Gasteiger partial charge is 0.329 e. The second-order valence-electron chi connectivity index (χ2n) is 8.89. The lowest BCUT2D eigenvalue weighted by Crippen LogP contribution is -2.50. The molecule has 0 fully saturated rings. The zero-order chi connectivity index (χ0) is 29.5. The molecular weight excluding hydrogens is 552 g/mol. The van der Waals surface area contributed by atoms with Crippen LogP contribution in [0.25, 0.3) is 0 Å². The highest BCUT2D eigenvalue weighted by atomic mass is 33.1. The van der Waals surface area contributed by atoms with Crippen molar-refractivity contribution < 1.29 is 48.5 Å². The predicted octanol–water partition coefficient (Wildman–Crippen LogP) is 0.933. The van der Waals surface area contributed by atoms with Crippen LogP contribution in [0.15, 0.2) is 0 Å². The van der Waals surface area contributed by atoms with E-state index in [1.807, 2.05) is 0 Å². The van der Waals surface area contributed by atoms with Crippen LogP contribution in [-0.2, 0) is 38.3 Å². The van der Waals surface area contributed by atoms with E-state index in [2.05, 4.69) is 20.3 Å². The summed E-state index contributed by atoms with van der Waals surface area (Å²) in [4.78, 5) is 79.5. The molecule has 0 radical (unpaired) electrons. The largest absolute Gasteiger partial charge is 0.464 e. The predicted molar refractivity (Wildman–Crippen MR) is 135 cm³/mol. The molecule has 2 atom stereocenters. The molecule has 0 aromatic rings. The molecule has 2 amide bonds. The molecular formula is C20H34N4O12S2. The summed E-state index contributed by atoms with van der Waals surface area (Å²) in [5.74, 6) is -2.84. The zero-order valence-electron chi connectivity index (χ0n) is 22.0. The molecule has 0 spiro atoms. The standard InChI is InChI=1S/C20H34N4O12S2/c1-7-33-15(25)13(21-17(27)19(3,4)11-35-23(29)30)9-37-38-10-14(16(26)34-8-2)22-18(28)20(5,6)12-36-24(31)32/h13-14H,7-12H2,1-6H3,(H,21,27)(H,22,28)/t13-,14-/m1/s1. The average molecular weight is 587 g/mol. The second kappa shape index (κ2) is 16.7. The Hall–Kier alpha value is -3.02. The molecule has 0 aliphatic heterocycles. The first-order valence-electron chi connectivity index (χ1n) is 11.3. The molecule has 16 nitrogen and oxygen atoms in total. The van der Waals surface area contributed by atoms with Crippen molar-refractivity contribution >= 4 is 45.3 Å². The highest BCUT2D eigenvalue weighted by molar-refractivity contribution is 8.76. The quantitative estimate of drug-likeness (QED) is 0.0708. The van der Waals surface area contributed by atoms with Gasteiger partial charge in [0.25, 0.3) is 10.2 Å². The van der Waals surface area contributed by atoms with Crippen LogP contribution in [0.1, 0.15) is 41.5 Å². The Labute approximate surface area is 227 Å². The van der Waals surface area contributed by atoms with E-state index in [-0.39, 0.29) is 24.7 Å². The Balaban J connectivity index is 5.23. The highest BCUT2D eigenvalue weighted by Crippen LogP contribution is 2.25. The number of nitrogens with one attached hydrogen (secondary N) is 2. The molecule has 0 aliphatic rings. The van der Waals surface area contributed by atoms with Crippen molar-refractivity contribution in [2.24, 2.45) is 10.8 Å². The number of hydrogen-bond donors (Lipinski definition) is 2. The molecule has 0 saturated carbocycles. The van der Waals surface area contributed by atoms with Gasteiger partial charge in [-0.05, 0) is 41.5 Å². The third-order valence-electron chi connectivity index (χ3n) is 4.60. The monoisotopic (exact) mass is 586 g/mol. The minimum absolute atomic E-state index is 0.00687. The van der Waals surface area contributed by atoms with Crippen LogP contribution < -0.4 is 10.6 Å². The first-order chi connectivity index (χ1) is 17.6. The Bertz CT molecular complexity index is 788. The molecule has 0 aromatic heterocycles. The molecule has 0 saturated heterocycles. The fraction of sp³-hybridized carbons (Fsp3) is 0.800. The van der Waals surface area contributed by atoms with Gasteiger partial charge < -0.3 is 29.8 Å². The molecule has 0 unspecified atom stereocenters. The number of carbonyl (C=O) groups excluding carboxylic acids is 4. The van der Waals surface area contributed by atoms with E-state index in [1.54, 1.807) is 13.8 Å². The van der Waals surface area contributed by atoms with Gasteiger partial charge in [-0.25, -0.2) is 9.59 Å². The average Bonchev–Trinajstić information content (AvgIpc) is 2.82. The summed E-state index contributed by atoms with van der Waals surface area (Å²) in [7, 11) is 2.18. The fourth-order valence-electron chi connectivity index (χ4n) is 2.32. The fourth-order valence-corrected chi connectivity index (χ4v) is 4.62. The summed E-state index contributed by atoms with van der Waals surface area (Å²) in [5.41, 5.74) is -2.67. The molecule has 38 heavy (non-hydrogen) atoms. The van der Waals surface area contributed by atoms with Gasteiger partial charge in [0.1, 0.15) is 25.3 Å². The van der Waals surface area contributed by atoms with Gasteiger partial charge in [0.05, 0.1) is 24.0 Å². The lowest BCUT2D eigenvalue weighted by atomic mass is 9.93. The second-order valence-corrected chi connectivity index (χ2v) is 11.4. The van der Waals surface area contributed by atoms with E-state index in [1.165, 1.54) is 27.7 Å². The molecule has 0 rings (SSSR count).